The molecule has 2 nitrogen and oxygen atoms in total. The molecule has 14 heavy (non-hydrogen) atoms. The van der Waals surface area contributed by atoms with E-state index >= 15 is 0 Å². The Balaban J connectivity index is 3.28. The zero-order valence-electron chi connectivity index (χ0n) is 7.15. The molecule has 2 N–H and O–H groups in total. The van der Waals surface area contributed by atoms with E-state index in [4.69, 9.17) is 28.9 Å². The molecule has 0 radical (unpaired) electrons. The molecule has 0 amide bonds. The molecule has 2 unspecified atom stereocenters. The van der Waals surface area contributed by atoms with Crippen molar-refractivity contribution in [2.75, 3.05) is 0 Å². The summed E-state index contributed by atoms with van der Waals surface area (Å²) >= 11 is 18.5. The molecular formula is C8H7Br2Cl2NO. The van der Waals surface area contributed by atoms with E-state index in [0.29, 0.717) is 15.2 Å². The molecule has 0 saturated heterocycles. The van der Waals surface area contributed by atoms with E-state index in [1.54, 1.807) is 6.08 Å². The maximum absolute atomic E-state index is 11.3. The highest BCUT2D eigenvalue weighted by Gasteiger charge is 2.45. The molecule has 6 heteroatoms. The van der Waals surface area contributed by atoms with Crippen LogP contribution in [0.4, 0.5) is 0 Å². The van der Waals surface area contributed by atoms with Crippen LogP contribution in [0.1, 0.15) is 6.92 Å². The monoisotopic (exact) mass is 361 g/mol. The number of ketones is 1. The van der Waals surface area contributed by atoms with Gasteiger partial charge in [-0.15, -0.1) is 0 Å². The summed E-state index contributed by atoms with van der Waals surface area (Å²) in [6.07, 6.45) is 1.59. The van der Waals surface area contributed by atoms with Crippen LogP contribution in [0.5, 0.6) is 0 Å². The molecular weight excluding hydrogens is 357 g/mol. The third-order valence-corrected chi connectivity index (χ3v) is 4.22. The third kappa shape index (κ3) is 2.03. The van der Waals surface area contributed by atoms with Gasteiger partial charge in [-0.25, -0.2) is 0 Å². The summed E-state index contributed by atoms with van der Waals surface area (Å²) in [6, 6.07) is 0. The number of carbonyl (C=O) groups excluding carboxylic acids is 1. The molecule has 2 atom stereocenters. The first-order chi connectivity index (χ1) is 6.28. The largest absolute Gasteiger partial charge is 0.399 e. The van der Waals surface area contributed by atoms with Crippen molar-refractivity contribution in [1.82, 2.24) is 0 Å². The molecule has 0 fully saturated rings. The molecule has 1 rings (SSSR count). The summed E-state index contributed by atoms with van der Waals surface area (Å²) < 4.78 is -0.546. The molecule has 0 spiro atoms. The molecule has 0 aromatic carbocycles. The Morgan fingerprint density at radius 3 is 2.64 bits per heavy atom. The Morgan fingerprint density at radius 2 is 2.21 bits per heavy atom. The fourth-order valence-electron chi connectivity index (χ4n) is 1.22. The molecule has 1 aliphatic rings. The van der Waals surface area contributed by atoms with Crippen LogP contribution in [0.3, 0.4) is 0 Å². The molecule has 0 aliphatic heterocycles. The number of alkyl halides is 2. The summed E-state index contributed by atoms with van der Waals surface area (Å²) in [5, 5.41) is 0.366. The minimum atomic E-state index is -1.14. The fourth-order valence-corrected chi connectivity index (χ4v) is 4.06. The van der Waals surface area contributed by atoms with Crippen LogP contribution in [-0.4, -0.2) is 9.57 Å². The number of hydrogen-bond acceptors (Lipinski definition) is 2. The van der Waals surface area contributed by atoms with Gasteiger partial charge in [-0.1, -0.05) is 39.1 Å². The van der Waals surface area contributed by atoms with Crippen molar-refractivity contribution in [3.8, 4) is 0 Å². The summed E-state index contributed by atoms with van der Waals surface area (Å²) in [7, 11) is 0. The highest BCUT2D eigenvalue weighted by molar-refractivity contribution is 9.12. The summed E-state index contributed by atoms with van der Waals surface area (Å²) in [6.45, 7) is 1.42. The highest BCUT2D eigenvalue weighted by atomic mass is 79.9. The van der Waals surface area contributed by atoms with Crippen molar-refractivity contribution < 1.29 is 4.79 Å². The Labute approximate surface area is 109 Å². The van der Waals surface area contributed by atoms with Crippen molar-refractivity contribution in [2.24, 2.45) is 11.7 Å². The zero-order valence-corrected chi connectivity index (χ0v) is 11.8. The van der Waals surface area contributed by atoms with Crippen LogP contribution in [-0.2, 0) is 4.79 Å². The fraction of sp³-hybridized carbons (Fsp3) is 0.375. The number of allylic oxidation sites excluding steroid dienone is 4. The topological polar surface area (TPSA) is 43.1 Å². The first-order valence-electron chi connectivity index (χ1n) is 3.69. The minimum absolute atomic E-state index is 0.138. The van der Waals surface area contributed by atoms with Gasteiger partial charge in [-0.3, -0.25) is 4.79 Å². The SMILES string of the molecule is CC(=O)C1C(Cl)=CC(Br)=C(N)C1(Cl)Br. The van der Waals surface area contributed by atoms with Gasteiger partial charge in [0.25, 0.3) is 0 Å². The summed E-state index contributed by atoms with van der Waals surface area (Å²) in [5.41, 5.74) is 6.10. The lowest BCUT2D eigenvalue weighted by Crippen LogP contribution is -2.38. The quantitative estimate of drug-likeness (QED) is 0.727. The van der Waals surface area contributed by atoms with Crippen molar-refractivity contribution in [1.29, 1.82) is 0 Å². The van der Waals surface area contributed by atoms with Crippen LogP contribution >= 0.6 is 55.1 Å². The molecule has 0 saturated carbocycles. The van der Waals surface area contributed by atoms with Crippen LogP contribution in [0.15, 0.2) is 21.3 Å². The van der Waals surface area contributed by atoms with E-state index in [1.165, 1.54) is 6.92 Å². The van der Waals surface area contributed by atoms with Gasteiger partial charge in [0, 0.05) is 9.51 Å². The van der Waals surface area contributed by atoms with E-state index in [-0.39, 0.29) is 5.78 Å². The average molecular weight is 364 g/mol. The normalized spacial score (nSPS) is 32.9. The number of rotatable bonds is 1. The van der Waals surface area contributed by atoms with Crippen LogP contribution < -0.4 is 5.73 Å². The number of halogens is 4. The standard InChI is InChI=1S/C8H7Br2Cl2NO/c1-3(14)6-5(11)2-4(9)7(13)8(6,10)12/h2,6H,13H2,1H3. The lowest BCUT2D eigenvalue weighted by Gasteiger charge is -2.32. The molecule has 0 bridgehead atoms. The first-order valence-corrected chi connectivity index (χ1v) is 6.03. The Morgan fingerprint density at radius 1 is 1.71 bits per heavy atom. The summed E-state index contributed by atoms with van der Waals surface area (Å²) in [5.74, 6) is -0.784. The Kier molecular flexibility index (Phi) is 3.73. The molecule has 0 aromatic rings. The highest BCUT2D eigenvalue weighted by Crippen LogP contribution is 2.48. The molecule has 0 aromatic heterocycles. The second-order valence-corrected chi connectivity index (χ2v) is 6.55. The van der Waals surface area contributed by atoms with Gasteiger partial charge in [0.2, 0.25) is 0 Å². The lowest BCUT2D eigenvalue weighted by atomic mass is 9.94. The van der Waals surface area contributed by atoms with Crippen LogP contribution in [0.2, 0.25) is 0 Å². The second kappa shape index (κ2) is 4.16. The first kappa shape index (κ1) is 12.6. The smallest absolute Gasteiger partial charge is 0.154 e. The molecule has 0 heterocycles. The molecule has 78 valence electrons. The second-order valence-electron chi connectivity index (χ2n) is 2.96. The summed E-state index contributed by atoms with van der Waals surface area (Å²) in [4.78, 5) is 11.3. The average Bonchev–Trinajstić information content (AvgIpc) is 1.98. The van der Waals surface area contributed by atoms with E-state index in [9.17, 15) is 4.79 Å². The van der Waals surface area contributed by atoms with Gasteiger partial charge in [0.05, 0.1) is 11.6 Å². The maximum atomic E-state index is 11.3. The van der Waals surface area contributed by atoms with E-state index < -0.39 is 9.70 Å². The van der Waals surface area contributed by atoms with Crippen LogP contribution in [0.25, 0.3) is 0 Å². The number of carbonyl (C=O) groups is 1. The van der Waals surface area contributed by atoms with E-state index in [0.717, 1.165) is 0 Å². The van der Waals surface area contributed by atoms with Gasteiger partial charge in [-0.05, 0) is 28.9 Å². The van der Waals surface area contributed by atoms with E-state index in [2.05, 4.69) is 31.9 Å². The van der Waals surface area contributed by atoms with Gasteiger partial charge in [0.15, 0.2) is 3.78 Å². The van der Waals surface area contributed by atoms with Gasteiger partial charge < -0.3 is 5.73 Å². The van der Waals surface area contributed by atoms with E-state index in [1.807, 2.05) is 0 Å². The minimum Gasteiger partial charge on any atom is -0.399 e. The van der Waals surface area contributed by atoms with Gasteiger partial charge in [-0.2, -0.15) is 0 Å². The van der Waals surface area contributed by atoms with Gasteiger partial charge >= 0.3 is 0 Å². The predicted octanol–water partition coefficient (Wildman–Crippen LogP) is 3.22. The third-order valence-electron chi connectivity index (χ3n) is 1.93. The Bertz CT molecular complexity index is 349. The van der Waals surface area contributed by atoms with Crippen molar-refractivity contribution in [2.45, 2.75) is 10.7 Å². The Hall–Kier alpha value is 0.490. The van der Waals surface area contributed by atoms with Crippen molar-refractivity contribution >= 4 is 60.8 Å². The van der Waals surface area contributed by atoms with Gasteiger partial charge in [0.1, 0.15) is 5.78 Å². The zero-order chi connectivity index (χ0) is 11.1. The number of Topliss-reactive ketones (excluding diaryl/α,β-unsaturated/α-hetero) is 1. The number of nitrogens with two attached hydrogens (primary N) is 1. The predicted molar refractivity (Wildman–Crippen MR) is 65.8 cm³/mol. The molecule has 1 aliphatic carbocycles. The van der Waals surface area contributed by atoms with Crippen molar-refractivity contribution in [3.05, 3.63) is 21.3 Å². The lowest BCUT2D eigenvalue weighted by molar-refractivity contribution is -0.119. The van der Waals surface area contributed by atoms with Crippen LogP contribution in [0, 0.1) is 5.92 Å². The van der Waals surface area contributed by atoms with Crippen molar-refractivity contribution in [3.63, 3.8) is 0 Å². The number of hydrogen-bond donors (Lipinski definition) is 1. The maximum Gasteiger partial charge on any atom is 0.154 e.